The summed E-state index contributed by atoms with van der Waals surface area (Å²) in [6, 6.07) is 1.13. The maximum Gasteiger partial charge on any atom is 0.427 e. The third-order valence-corrected chi connectivity index (χ3v) is 2.21. The molecule has 0 fully saturated rings. The molecular formula is C15H21N3O6. The van der Waals surface area contributed by atoms with Gasteiger partial charge in [0.1, 0.15) is 11.2 Å². The Morgan fingerprint density at radius 1 is 1.00 bits per heavy atom. The van der Waals surface area contributed by atoms with Gasteiger partial charge in [0, 0.05) is 6.20 Å². The maximum atomic E-state index is 12.3. The van der Waals surface area contributed by atoms with Gasteiger partial charge in [0.05, 0.1) is 0 Å². The Labute approximate surface area is 139 Å². The number of imide groups is 1. The molecule has 1 N–H and O–H groups in total. The number of anilines is 1. The SMILES string of the molecule is CC(C)(C)OC(=O)N(C(=O)OC(C)(C)C)c1nccc(C(=O)O)n1. The van der Waals surface area contributed by atoms with Crippen LogP contribution in [-0.2, 0) is 9.47 Å². The normalized spacial score (nSPS) is 11.6. The molecule has 0 aliphatic carbocycles. The largest absolute Gasteiger partial charge is 0.477 e. The zero-order valence-corrected chi connectivity index (χ0v) is 14.5. The lowest BCUT2D eigenvalue weighted by Gasteiger charge is -2.27. The Balaban J connectivity index is 3.27. The molecule has 1 aromatic heterocycles. The van der Waals surface area contributed by atoms with Gasteiger partial charge in [-0.15, -0.1) is 4.90 Å². The van der Waals surface area contributed by atoms with Crippen molar-refractivity contribution in [3.05, 3.63) is 18.0 Å². The molecular weight excluding hydrogens is 318 g/mol. The number of carbonyl (C=O) groups excluding carboxylic acids is 2. The van der Waals surface area contributed by atoms with Gasteiger partial charge in [-0.25, -0.2) is 24.4 Å². The Hall–Kier alpha value is -2.71. The van der Waals surface area contributed by atoms with Crippen LogP contribution < -0.4 is 4.90 Å². The fraction of sp³-hybridized carbons (Fsp3) is 0.533. The highest BCUT2D eigenvalue weighted by Crippen LogP contribution is 2.18. The third kappa shape index (κ3) is 5.82. The molecule has 2 amide bonds. The van der Waals surface area contributed by atoms with E-state index in [0.717, 1.165) is 12.3 Å². The summed E-state index contributed by atoms with van der Waals surface area (Å²) in [5.74, 6) is -1.77. The first-order valence-electron chi connectivity index (χ1n) is 7.12. The van der Waals surface area contributed by atoms with Gasteiger partial charge in [-0.3, -0.25) is 0 Å². The maximum absolute atomic E-state index is 12.3. The van der Waals surface area contributed by atoms with Crippen LogP contribution in [0.4, 0.5) is 15.5 Å². The summed E-state index contributed by atoms with van der Waals surface area (Å²) in [4.78, 5) is 43.6. The molecule has 0 atom stereocenters. The Bertz CT molecular complexity index is 617. The van der Waals surface area contributed by atoms with E-state index in [9.17, 15) is 14.4 Å². The number of hydrogen-bond donors (Lipinski definition) is 1. The molecule has 0 aromatic carbocycles. The van der Waals surface area contributed by atoms with Crippen LogP contribution in [0.1, 0.15) is 52.0 Å². The van der Waals surface area contributed by atoms with E-state index in [4.69, 9.17) is 14.6 Å². The number of amides is 2. The fourth-order valence-electron chi connectivity index (χ4n) is 1.43. The van der Waals surface area contributed by atoms with E-state index in [0.29, 0.717) is 4.90 Å². The van der Waals surface area contributed by atoms with Crippen molar-refractivity contribution in [3.8, 4) is 0 Å². The Morgan fingerprint density at radius 3 is 1.83 bits per heavy atom. The first kappa shape index (κ1) is 19.3. The van der Waals surface area contributed by atoms with E-state index in [1.54, 1.807) is 41.5 Å². The van der Waals surface area contributed by atoms with Gasteiger partial charge in [-0.2, -0.15) is 0 Å². The molecule has 1 aromatic rings. The highest BCUT2D eigenvalue weighted by Gasteiger charge is 2.34. The summed E-state index contributed by atoms with van der Waals surface area (Å²) in [6.45, 7) is 9.71. The van der Waals surface area contributed by atoms with Crippen LogP contribution in [0.2, 0.25) is 0 Å². The molecule has 0 spiro atoms. The standard InChI is InChI=1S/C15H21N3O6/c1-14(2,3)23-12(21)18(13(22)24-15(4,5)6)11-16-8-7-9(17-11)10(19)20/h7-8H,1-6H3,(H,19,20). The molecule has 9 heteroatoms. The average molecular weight is 339 g/mol. The van der Waals surface area contributed by atoms with Crippen molar-refractivity contribution in [1.82, 2.24) is 9.97 Å². The second-order valence-electron chi connectivity index (χ2n) is 6.84. The quantitative estimate of drug-likeness (QED) is 0.873. The van der Waals surface area contributed by atoms with Gasteiger partial charge in [0.25, 0.3) is 0 Å². The predicted molar refractivity (Wildman–Crippen MR) is 83.9 cm³/mol. The van der Waals surface area contributed by atoms with Crippen molar-refractivity contribution < 1.29 is 29.0 Å². The zero-order chi connectivity index (χ0) is 18.7. The number of carboxylic acids is 1. The summed E-state index contributed by atoms with van der Waals surface area (Å²) in [7, 11) is 0. The molecule has 1 rings (SSSR count). The van der Waals surface area contributed by atoms with Crippen molar-refractivity contribution in [3.63, 3.8) is 0 Å². The number of hydrogen-bond acceptors (Lipinski definition) is 7. The summed E-state index contributed by atoms with van der Waals surface area (Å²) in [5, 5.41) is 9.00. The number of aromatic carboxylic acids is 1. The molecule has 0 saturated heterocycles. The van der Waals surface area contributed by atoms with Gasteiger partial charge in [0.2, 0.25) is 5.95 Å². The first-order valence-corrected chi connectivity index (χ1v) is 7.12. The number of carboxylic acid groups (broad SMARTS) is 1. The van der Waals surface area contributed by atoms with Crippen molar-refractivity contribution in [2.24, 2.45) is 0 Å². The summed E-state index contributed by atoms with van der Waals surface area (Å²) < 4.78 is 10.3. The minimum atomic E-state index is -1.33. The van der Waals surface area contributed by atoms with Crippen molar-refractivity contribution in [2.45, 2.75) is 52.7 Å². The predicted octanol–water partition coefficient (Wildman–Crippen LogP) is 2.85. The number of rotatable bonds is 2. The van der Waals surface area contributed by atoms with Crippen LogP contribution in [0.5, 0.6) is 0 Å². The highest BCUT2D eigenvalue weighted by atomic mass is 16.6. The molecule has 0 radical (unpaired) electrons. The smallest absolute Gasteiger partial charge is 0.427 e. The van der Waals surface area contributed by atoms with Crippen molar-refractivity contribution in [2.75, 3.05) is 4.90 Å². The van der Waals surface area contributed by atoms with Gasteiger partial charge < -0.3 is 14.6 Å². The zero-order valence-electron chi connectivity index (χ0n) is 14.5. The van der Waals surface area contributed by atoms with Crippen molar-refractivity contribution in [1.29, 1.82) is 0 Å². The molecule has 9 nitrogen and oxygen atoms in total. The number of carbonyl (C=O) groups is 3. The number of ether oxygens (including phenoxy) is 2. The molecule has 0 aliphatic heterocycles. The van der Waals surface area contributed by atoms with Gasteiger partial charge in [-0.1, -0.05) is 0 Å². The van der Waals surface area contributed by atoms with Crippen molar-refractivity contribution >= 4 is 24.1 Å². The van der Waals surface area contributed by atoms with Gasteiger partial charge in [-0.05, 0) is 47.6 Å². The van der Waals surface area contributed by atoms with E-state index < -0.39 is 35.3 Å². The van der Waals surface area contributed by atoms with Crippen LogP contribution in [0.15, 0.2) is 12.3 Å². The lowest BCUT2D eigenvalue weighted by atomic mass is 10.2. The molecule has 1 heterocycles. The number of aromatic nitrogens is 2. The lowest BCUT2D eigenvalue weighted by Crippen LogP contribution is -2.44. The van der Waals surface area contributed by atoms with Crippen LogP contribution in [0.3, 0.4) is 0 Å². The van der Waals surface area contributed by atoms with E-state index in [1.807, 2.05) is 0 Å². The van der Waals surface area contributed by atoms with Crippen LogP contribution >= 0.6 is 0 Å². The summed E-state index contributed by atoms with van der Waals surface area (Å²) in [6.07, 6.45) is -1.02. The number of nitrogens with zero attached hydrogens (tertiary/aromatic N) is 3. The molecule has 24 heavy (non-hydrogen) atoms. The summed E-state index contributed by atoms with van der Waals surface area (Å²) in [5.41, 5.74) is -2.15. The van der Waals surface area contributed by atoms with E-state index in [2.05, 4.69) is 9.97 Å². The van der Waals surface area contributed by atoms with Gasteiger partial charge in [0.15, 0.2) is 5.69 Å². The third-order valence-electron chi connectivity index (χ3n) is 2.21. The van der Waals surface area contributed by atoms with E-state index >= 15 is 0 Å². The second-order valence-corrected chi connectivity index (χ2v) is 6.84. The van der Waals surface area contributed by atoms with Crippen LogP contribution in [0.25, 0.3) is 0 Å². The second kappa shape index (κ2) is 6.81. The highest BCUT2D eigenvalue weighted by molar-refractivity contribution is 6.08. The Kier molecular flexibility index (Phi) is 5.49. The monoisotopic (exact) mass is 339 g/mol. The average Bonchev–Trinajstić information content (AvgIpc) is 2.34. The molecule has 0 unspecified atom stereocenters. The molecule has 0 aliphatic rings. The first-order chi connectivity index (χ1) is 10.8. The van der Waals surface area contributed by atoms with Gasteiger partial charge >= 0.3 is 18.2 Å². The van der Waals surface area contributed by atoms with Crippen LogP contribution in [-0.4, -0.2) is 44.4 Å². The van der Waals surface area contributed by atoms with Crippen LogP contribution in [0, 0.1) is 0 Å². The van der Waals surface area contributed by atoms with E-state index in [-0.39, 0.29) is 5.69 Å². The molecule has 0 saturated carbocycles. The molecule has 132 valence electrons. The molecule has 0 bridgehead atoms. The fourth-order valence-corrected chi connectivity index (χ4v) is 1.43. The topological polar surface area (TPSA) is 119 Å². The minimum absolute atomic E-state index is 0.378. The minimum Gasteiger partial charge on any atom is -0.477 e. The Morgan fingerprint density at radius 2 is 1.46 bits per heavy atom. The summed E-state index contributed by atoms with van der Waals surface area (Å²) >= 11 is 0. The lowest BCUT2D eigenvalue weighted by molar-refractivity contribution is 0.0425. The van der Waals surface area contributed by atoms with E-state index in [1.165, 1.54) is 0 Å².